The molecule has 0 N–H and O–H groups in total. The summed E-state index contributed by atoms with van der Waals surface area (Å²) < 4.78 is 0. The Bertz CT molecular complexity index is 384. The van der Waals surface area contributed by atoms with Gasteiger partial charge in [0.15, 0.2) is 5.65 Å². The first kappa shape index (κ1) is 7.22. The van der Waals surface area contributed by atoms with Crippen molar-refractivity contribution in [2.75, 3.05) is 0 Å². The molecule has 0 atom stereocenters. The molecular weight excluding hydrogens is 148 g/mol. The highest BCUT2D eigenvalue weighted by Gasteiger charge is 1.95. The Morgan fingerprint density at radius 1 is 0.833 bits per heavy atom. The predicted octanol–water partition coefficient (Wildman–Crippen LogP) is 2.25. The molecule has 0 aromatic carbocycles. The molecule has 2 rings (SSSR count). The standard InChI is InChI=1S/C10H10N2/c1-7-3-5-9-6-4-8(2)12-10(9)11-7/h3-6H,1-2H3. The Morgan fingerprint density at radius 2 is 1.33 bits per heavy atom. The lowest BCUT2D eigenvalue weighted by atomic mass is 10.2. The largest absolute Gasteiger partial charge is 0.233 e. The second kappa shape index (κ2) is 2.55. The zero-order valence-corrected chi connectivity index (χ0v) is 7.20. The number of aryl methyl sites for hydroxylation is 2. The molecule has 2 heterocycles. The van der Waals surface area contributed by atoms with Gasteiger partial charge in [0, 0.05) is 16.8 Å². The molecule has 0 spiro atoms. The molecule has 0 saturated carbocycles. The van der Waals surface area contributed by atoms with Crippen LogP contribution < -0.4 is 0 Å². The third kappa shape index (κ3) is 1.16. The van der Waals surface area contributed by atoms with Gasteiger partial charge in [0.1, 0.15) is 0 Å². The van der Waals surface area contributed by atoms with Crippen LogP contribution in [0, 0.1) is 13.8 Å². The first-order chi connectivity index (χ1) is 5.75. The summed E-state index contributed by atoms with van der Waals surface area (Å²) in [7, 11) is 0. The molecule has 2 aromatic heterocycles. The Hall–Kier alpha value is -1.44. The Morgan fingerprint density at radius 3 is 1.83 bits per heavy atom. The highest BCUT2D eigenvalue weighted by Crippen LogP contribution is 2.09. The summed E-state index contributed by atoms with van der Waals surface area (Å²) in [4.78, 5) is 8.65. The van der Waals surface area contributed by atoms with Crippen LogP contribution in [0.3, 0.4) is 0 Å². The molecule has 2 aromatic rings. The highest BCUT2D eigenvalue weighted by atomic mass is 14.8. The number of aromatic nitrogens is 2. The highest BCUT2D eigenvalue weighted by molar-refractivity contribution is 5.74. The van der Waals surface area contributed by atoms with Crippen molar-refractivity contribution in [3.05, 3.63) is 35.7 Å². The SMILES string of the molecule is Cc1ccc2ccc(C)nc2n1. The molecule has 0 amide bonds. The molecule has 60 valence electrons. The number of pyridine rings is 2. The average molecular weight is 158 g/mol. The molecule has 0 unspecified atom stereocenters. The van der Waals surface area contributed by atoms with E-state index >= 15 is 0 Å². The van der Waals surface area contributed by atoms with E-state index in [2.05, 4.69) is 9.97 Å². The zero-order valence-electron chi connectivity index (χ0n) is 7.20. The molecule has 12 heavy (non-hydrogen) atoms. The average Bonchev–Trinajstić information content (AvgIpc) is 2.03. The van der Waals surface area contributed by atoms with E-state index in [0.717, 1.165) is 22.4 Å². The van der Waals surface area contributed by atoms with E-state index in [1.54, 1.807) is 0 Å². The van der Waals surface area contributed by atoms with Crippen molar-refractivity contribution < 1.29 is 0 Å². The summed E-state index contributed by atoms with van der Waals surface area (Å²) in [6.45, 7) is 3.95. The van der Waals surface area contributed by atoms with Crippen LogP contribution in [0.25, 0.3) is 11.0 Å². The summed E-state index contributed by atoms with van der Waals surface area (Å²) >= 11 is 0. The molecule has 0 bridgehead atoms. The van der Waals surface area contributed by atoms with Crippen molar-refractivity contribution in [2.24, 2.45) is 0 Å². The number of hydrogen-bond acceptors (Lipinski definition) is 2. The lowest BCUT2D eigenvalue weighted by Crippen LogP contribution is -1.88. The van der Waals surface area contributed by atoms with Crippen LogP contribution in [-0.2, 0) is 0 Å². The van der Waals surface area contributed by atoms with E-state index in [4.69, 9.17) is 0 Å². The van der Waals surface area contributed by atoms with Gasteiger partial charge in [0.2, 0.25) is 0 Å². The quantitative estimate of drug-likeness (QED) is 0.587. The fraction of sp³-hybridized carbons (Fsp3) is 0.200. The van der Waals surface area contributed by atoms with Crippen molar-refractivity contribution >= 4 is 11.0 Å². The van der Waals surface area contributed by atoms with Gasteiger partial charge in [-0.1, -0.05) is 0 Å². The summed E-state index contributed by atoms with van der Waals surface area (Å²) in [6.07, 6.45) is 0. The fourth-order valence-corrected chi connectivity index (χ4v) is 1.19. The van der Waals surface area contributed by atoms with E-state index in [1.807, 2.05) is 38.1 Å². The van der Waals surface area contributed by atoms with E-state index in [-0.39, 0.29) is 0 Å². The third-order valence-electron chi connectivity index (χ3n) is 1.83. The van der Waals surface area contributed by atoms with Crippen LogP contribution in [0.15, 0.2) is 24.3 Å². The van der Waals surface area contributed by atoms with Crippen molar-refractivity contribution in [3.8, 4) is 0 Å². The summed E-state index contributed by atoms with van der Waals surface area (Å²) in [5, 5.41) is 1.10. The summed E-state index contributed by atoms with van der Waals surface area (Å²) in [5.74, 6) is 0. The fourth-order valence-electron chi connectivity index (χ4n) is 1.19. The van der Waals surface area contributed by atoms with Gasteiger partial charge < -0.3 is 0 Å². The molecule has 0 saturated heterocycles. The smallest absolute Gasteiger partial charge is 0.159 e. The van der Waals surface area contributed by atoms with E-state index in [1.165, 1.54) is 0 Å². The topological polar surface area (TPSA) is 25.8 Å². The Kier molecular flexibility index (Phi) is 1.54. The van der Waals surface area contributed by atoms with Crippen LogP contribution in [-0.4, -0.2) is 9.97 Å². The van der Waals surface area contributed by atoms with E-state index in [0.29, 0.717) is 0 Å². The minimum atomic E-state index is 0.843. The van der Waals surface area contributed by atoms with Gasteiger partial charge in [0.05, 0.1) is 0 Å². The molecule has 2 heteroatoms. The molecule has 2 nitrogen and oxygen atoms in total. The van der Waals surface area contributed by atoms with Gasteiger partial charge in [-0.25, -0.2) is 9.97 Å². The van der Waals surface area contributed by atoms with Crippen LogP contribution >= 0.6 is 0 Å². The second-order valence-electron chi connectivity index (χ2n) is 2.95. The van der Waals surface area contributed by atoms with E-state index < -0.39 is 0 Å². The molecule has 0 fully saturated rings. The maximum atomic E-state index is 4.33. The van der Waals surface area contributed by atoms with Gasteiger partial charge in [-0.3, -0.25) is 0 Å². The minimum Gasteiger partial charge on any atom is -0.233 e. The van der Waals surface area contributed by atoms with Gasteiger partial charge in [0.25, 0.3) is 0 Å². The summed E-state index contributed by atoms with van der Waals surface area (Å²) in [5.41, 5.74) is 2.87. The second-order valence-corrected chi connectivity index (χ2v) is 2.95. The maximum Gasteiger partial charge on any atom is 0.159 e. The number of nitrogens with zero attached hydrogens (tertiary/aromatic N) is 2. The lowest BCUT2D eigenvalue weighted by molar-refractivity contribution is 1.16. The summed E-state index contributed by atoms with van der Waals surface area (Å²) in [6, 6.07) is 8.09. The minimum absolute atomic E-state index is 0.843. The van der Waals surface area contributed by atoms with Crippen LogP contribution in [0.2, 0.25) is 0 Å². The van der Waals surface area contributed by atoms with Gasteiger partial charge in [-0.2, -0.15) is 0 Å². The van der Waals surface area contributed by atoms with Crippen molar-refractivity contribution in [1.29, 1.82) is 0 Å². The maximum absolute atomic E-state index is 4.33. The third-order valence-corrected chi connectivity index (χ3v) is 1.83. The normalized spacial score (nSPS) is 10.5. The van der Waals surface area contributed by atoms with Crippen LogP contribution in [0.5, 0.6) is 0 Å². The molecule has 0 aliphatic rings. The van der Waals surface area contributed by atoms with Crippen molar-refractivity contribution in [3.63, 3.8) is 0 Å². The van der Waals surface area contributed by atoms with Gasteiger partial charge in [-0.15, -0.1) is 0 Å². The van der Waals surface area contributed by atoms with E-state index in [9.17, 15) is 0 Å². The number of fused-ring (bicyclic) bond motifs is 1. The molecular formula is C10H10N2. The molecule has 0 radical (unpaired) electrons. The first-order valence-electron chi connectivity index (χ1n) is 3.97. The Labute approximate surface area is 71.3 Å². The molecule has 0 aliphatic carbocycles. The van der Waals surface area contributed by atoms with Crippen molar-refractivity contribution in [1.82, 2.24) is 9.97 Å². The number of rotatable bonds is 0. The Balaban J connectivity index is 2.80. The lowest BCUT2D eigenvalue weighted by Gasteiger charge is -1.98. The van der Waals surface area contributed by atoms with Crippen LogP contribution in [0.4, 0.5) is 0 Å². The predicted molar refractivity (Wildman–Crippen MR) is 49.0 cm³/mol. The first-order valence-corrected chi connectivity index (χ1v) is 3.97. The van der Waals surface area contributed by atoms with Gasteiger partial charge in [-0.05, 0) is 38.1 Å². The van der Waals surface area contributed by atoms with Crippen molar-refractivity contribution in [2.45, 2.75) is 13.8 Å². The molecule has 0 aliphatic heterocycles. The number of hydrogen-bond donors (Lipinski definition) is 0. The van der Waals surface area contributed by atoms with Crippen LogP contribution in [0.1, 0.15) is 11.4 Å². The monoisotopic (exact) mass is 158 g/mol. The van der Waals surface area contributed by atoms with Gasteiger partial charge >= 0.3 is 0 Å². The zero-order chi connectivity index (χ0) is 8.55.